The Labute approximate surface area is 171 Å². The molecule has 0 aromatic heterocycles. The average Bonchev–Trinajstić information content (AvgIpc) is 3.19. The number of allylic oxidation sites excluding steroid dienone is 1. The van der Waals surface area contributed by atoms with Gasteiger partial charge in [0, 0.05) is 42.6 Å². The largest absolute Gasteiger partial charge is 0.489 e. The number of aliphatic hydroxyl groups excluding tert-OH is 1. The lowest BCUT2D eigenvalue weighted by atomic mass is 9.86. The van der Waals surface area contributed by atoms with Gasteiger partial charge in [-0.2, -0.15) is 0 Å². The van der Waals surface area contributed by atoms with Crippen molar-refractivity contribution in [1.82, 2.24) is 0 Å². The Bertz CT molecular complexity index is 860. The third-order valence-electron chi connectivity index (χ3n) is 5.88. The van der Waals surface area contributed by atoms with Gasteiger partial charge in [0.05, 0.1) is 6.10 Å². The minimum Gasteiger partial charge on any atom is -0.489 e. The Morgan fingerprint density at radius 1 is 1.38 bits per heavy atom. The predicted octanol–water partition coefficient (Wildman–Crippen LogP) is 3.49. The molecule has 0 amide bonds. The summed E-state index contributed by atoms with van der Waals surface area (Å²) in [6, 6.07) is 5.95. The second kappa shape index (κ2) is 9.28. The lowest BCUT2D eigenvalue weighted by Crippen LogP contribution is -2.17. The number of carboxylic acids is 1. The number of carbonyl (C=O) groups excluding carboxylic acids is 1. The normalized spacial score (nSPS) is 25.6. The van der Waals surface area contributed by atoms with Crippen LogP contribution in [0.5, 0.6) is 5.75 Å². The maximum atomic E-state index is 12.4. The van der Waals surface area contributed by atoms with Gasteiger partial charge < -0.3 is 14.9 Å². The maximum Gasteiger partial charge on any atom is 0.303 e. The molecule has 0 saturated heterocycles. The standard InChI is InChI=1S/C24H28O5/c1-3-4-7-15(2)19(25)13-12-17-20(26)14-21-23(17)18-10-5-8-16(24(18)29-21)9-6-11-22(27)28/h5,8,10,12-13,15,17,20-21,23,26H,6-7,9,11,14H2,1-2H3,(H,27,28)/b13-12+/t15-,17+,20-,21+,23+/m0/s1. The van der Waals surface area contributed by atoms with E-state index in [9.17, 15) is 14.7 Å². The first-order chi connectivity index (χ1) is 13.9. The van der Waals surface area contributed by atoms with Crippen LogP contribution in [0.3, 0.4) is 0 Å². The minimum atomic E-state index is -0.799. The summed E-state index contributed by atoms with van der Waals surface area (Å²) in [6.45, 7) is 3.62. The molecule has 5 atom stereocenters. The molecule has 29 heavy (non-hydrogen) atoms. The van der Waals surface area contributed by atoms with Crippen molar-refractivity contribution >= 4 is 11.8 Å². The number of hydrogen-bond acceptors (Lipinski definition) is 4. The number of aryl methyl sites for hydroxylation is 1. The second-order valence-electron chi connectivity index (χ2n) is 7.94. The first kappa shape index (κ1) is 21.1. The number of carboxylic acid groups (broad SMARTS) is 1. The molecule has 1 fully saturated rings. The lowest BCUT2D eigenvalue weighted by Gasteiger charge is -2.17. The van der Waals surface area contributed by atoms with E-state index in [2.05, 4.69) is 11.8 Å². The molecule has 1 aliphatic heterocycles. The number of hydrogen-bond donors (Lipinski definition) is 2. The molecule has 1 aromatic rings. The number of carbonyl (C=O) groups is 2. The van der Waals surface area contributed by atoms with Crippen molar-refractivity contribution in [2.45, 2.75) is 64.1 Å². The van der Waals surface area contributed by atoms with E-state index >= 15 is 0 Å². The van der Waals surface area contributed by atoms with Crippen LogP contribution in [0.15, 0.2) is 30.4 Å². The Morgan fingerprint density at radius 3 is 2.90 bits per heavy atom. The summed E-state index contributed by atoms with van der Waals surface area (Å²) >= 11 is 0. The lowest BCUT2D eigenvalue weighted by molar-refractivity contribution is -0.137. The molecule has 1 aromatic carbocycles. The van der Waals surface area contributed by atoms with Crippen LogP contribution in [0.2, 0.25) is 0 Å². The van der Waals surface area contributed by atoms with Gasteiger partial charge in [-0.3, -0.25) is 9.59 Å². The van der Waals surface area contributed by atoms with Crippen molar-refractivity contribution in [3.05, 3.63) is 41.5 Å². The fourth-order valence-electron chi connectivity index (χ4n) is 4.32. The smallest absolute Gasteiger partial charge is 0.303 e. The third-order valence-corrected chi connectivity index (χ3v) is 5.88. The van der Waals surface area contributed by atoms with Crippen LogP contribution in [0.25, 0.3) is 0 Å². The quantitative estimate of drug-likeness (QED) is 0.519. The molecule has 5 nitrogen and oxygen atoms in total. The van der Waals surface area contributed by atoms with Gasteiger partial charge in [-0.1, -0.05) is 31.2 Å². The zero-order chi connectivity index (χ0) is 21.0. The van der Waals surface area contributed by atoms with Crippen LogP contribution >= 0.6 is 0 Å². The van der Waals surface area contributed by atoms with Crippen LogP contribution < -0.4 is 4.74 Å². The monoisotopic (exact) mass is 396 g/mol. The number of ether oxygens (including phenoxy) is 1. The number of ketones is 1. The molecule has 0 radical (unpaired) electrons. The summed E-state index contributed by atoms with van der Waals surface area (Å²) in [7, 11) is 0. The predicted molar refractivity (Wildman–Crippen MR) is 110 cm³/mol. The van der Waals surface area contributed by atoms with Crippen LogP contribution in [0, 0.1) is 23.7 Å². The molecule has 0 bridgehead atoms. The SMILES string of the molecule is CC#CC[C@H](C)C(=O)/C=C/[C@H]1[C@@H]2c3cccc(CCCC(=O)O)c3O[C@@H]2C[C@@H]1O. The second-order valence-corrected chi connectivity index (χ2v) is 7.94. The molecule has 3 rings (SSSR count). The van der Waals surface area contributed by atoms with Gasteiger partial charge in [0.2, 0.25) is 0 Å². The van der Waals surface area contributed by atoms with E-state index in [0.29, 0.717) is 25.7 Å². The molecule has 5 heteroatoms. The topological polar surface area (TPSA) is 83.8 Å². The van der Waals surface area contributed by atoms with Gasteiger partial charge in [-0.05, 0) is 31.4 Å². The Hall–Kier alpha value is -2.58. The van der Waals surface area contributed by atoms with E-state index in [1.165, 1.54) is 0 Å². The number of aliphatic carboxylic acids is 1. The molecular weight excluding hydrogens is 368 g/mol. The van der Waals surface area contributed by atoms with Gasteiger partial charge in [0.1, 0.15) is 11.9 Å². The van der Waals surface area contributed by atoms with Crippen molar-refractivity contribution < 1.29 is 24.5 Å². The van der Waals surface area contributed by atoms with Crippen LogP contribution in [0.4, 0.5) is 0 Å². The van der Waals surface area contributed by atoms with Crippen LogP contribution in [-0.2, 0) is 16.0 Å². The maximum absolute atomic E-state index is 12.4. The molecule has 0 unspecified atom stereocenters. The molecule has 2 aliphatic rings. The highest BCUT2D eigenvalue weighted by molar-refractivity contribution is 5.91. The minimum absolute atomic E-state index is 0.00853. The molecule has 1 aliphatic carbocycles. The summed E-state index contributed by atoms with van der Waals surface area (Å²) in [5, 5.41) is 19.4. The zero-order valence-corrected chi connectivity index (χ0v) is 16.9. The highest BCUT2D eigenvalue weighted by Crippen LogP contribution is 2.52. The Kier molecular flexibility index (Phi) is 6.76. The fourth-order valence-corrected chi connectivity index (χ4v) is 4.32. The number of fused-ring (bicyclic) bond motifs is 3. The molecular formula is C24H28O5. The third kappa shape index (κ3) is 4.71. The number of benzene rings is 1. The van der Waals surface area contributed by atoms with E-state index in [-0.39, 0.29) is 36.1 Å². The van der Waals surface area contributed by atoms with Crippen LogP contribution in [0.1, 0.15) is 56.6 Å². The highest BCUT2D eigenvalue weighted by atomic mass is 16.5. The van der Waals surface area contributed by atoms with E-state index in [4.69, 9.17) is 9.84 Å². The van der Waals surface area contributed by atoms with Crippen LogP contribution in [-0.4, -0.2) is 34.2 Å². The van der Waals surface area contributed by atoms with Gasteiger partial charge in [-0.15, -0.1) is 11.8 Å². The molecule has 0 spiro atoms. The van der Waals surface area contributed by atoms with E-state index in [1.807, 2.05) is 31.2 Å². The van der Waals surface area contributed by atoms with Gasteiger partial charge in [-0.25, -0.2) is 0 Å². The summed E-state index contributed by atoms with van der Waals surface area (Å²) in [5.41, 5.74) is 2.06. The summed E-state index contributed by atoms with van der Waals surface area (Å²) in [4.78, 5) is 23.2. The van der Waals surface area contributed by atoms with Crippen molar-refractivity contribution in [1.29, 1.82) is 0 Å². The molecule has 1 heterocycles. The van der Waals surface area contributed by atoms with Crippen molar-refractivity contribution in [3.8, 4) is 17.6 Å². The number of aliphatic hydroxyl groups is 1. The molecule has 2 N–H and O–H groups in total. The van der Waals surface area contributed by atoms with E-state index < -0.39 is 12.1 Å². The van der Waals surface area contributed by atoms with Gasteiger partial charge in [0.25, 0.3) is 0 Å². The number of rotatable bonds is 8. The van der Waals surface area contributed by atoms with E-state index in [1.54, 1.807) is 13.0 Å². The zero-order valence-electron chi connectivity index (χ0n) is 16.9. The van der Waals surface area contributed by atoms with Crippen molar-refractivity contribution in [2.75, 3.05) is 0 Å². The first-order valence-corrected chi connectivity index (χ1v) is 10.2. The van der Waals surface area contributed by atoms with E-state index in [0.717, 1.165) is 16.9 Å². The van der Waals surface area contributed by atoms with Gasteiger partial charge >= 0.3 is 5.97 Å². The van der Waals surface area contributed by atoms with Crippen molar-refractivity contribution in [2.24, 2.45) is 11.8 Å². The fraction of sp³-hybridized carbons (Fsp3) is 0.500. The highest BCUT2D eigenvalue weighted by Gasteiger charge is 2.48. The Morgan fingerprint density at radius 2 is 2.17 bits per heavy atom. The molecule has 1 saturated carbocycles. The average molecular weight is 396 g/mol. The first-order valence-electron chi connectivity index (χ1n) is 10.2. The van der Waals surface area contributed by atoms with Gasteiger partial charge in [0.15, 0.2) is 5.78 Å². The Balaban J connectivity index is 1.76. The van der Waals surface area contributed by atoms with Crippen molar-refractivity contribution in [3.63, 3.8) is 0 Å². The summed E-state index contributed by atoms with van der Waals surface area (Å²) < 4.78 is 6.18. The summed E-state index contributed by atoms with van der Waals surface area (Å²) in [5.74, 6) is 5.46. The molecule has 154 valence electrons. The number of para-hydroxylation sites is 1. The summed E-state index contributed by atoms with van der Waals surface area (Å²) in [6.07, 6.45) is 5.14.